The van der Waals surface area contributed by atoms with E-state index in [1.807, 2.05) is 11.5 Å². The van der Waals surface area contributed by atoms with Crippen LogP contribution in [0.2, 0.25) is 0 Å². The van der Waals surface area contributed by atoms with Crippen molar-refractivity contribution in [3.8, 4) is 28.6 Å². The number of nitrogens with zero attached hydrogens (tertiary/aromatic N) is 3. The van der Waals surface area contributed by atoms with E-state index in [1.165, 1.54) is 18.1 Å². The molecule has 158 valence electrons. The number of phenolic OH excluding ortho intramolecular Hbond substituents is 2. The standard InChI is InChI=1S/C21H22FN3O5/c1-21(9-30-10-21)25-14-7-11(20(28)24(2)3)5-6-13(14)23-19(25)12-8-15(29-4)17(26)18(27)16(12)22/h5-8,26-27H,9-10H2,1-4H3. The van der Waals surface area contributed by atoms with Crippen LogP contribution in [-0.2, 0) is 10.3 Å². The van der Waals surface area contributed by atoms with Crippen LogP contribution in [0.1, 0.15) is 17.3 Å². The van der Waals surface area contributed by atoms with Gasteiger partial charge in [-0.1, -0.05) is 0 Å². The quantitative estimate of drug-likeness (QED) is 0.636. The molecule has 3 aromatic rings. The molecule has 2 N–H and O–H groups in total. The topological polar surface area (TPSA) is 97.1 Å². The van der Waals surface area contributed by atoms with Crippen molar-refractivity contribution in [1.82, 2.24) is 14.5 Å². The fourth-order valence-corrected chi connectivity index (χ4v) is 3.65. The van der Waals surface area contributed by atoms with Crippen LogP contribution in [0.25, 0.3) is 22.4 Å². The molecular formula is C21H22FN3O5. The number of carbonyl (C=O) groups is 1. The summed E-state index contributed by atoms with van der Waals surface area (Å²) in [6.45, 7) is 2.69. The first-order chi connectivity index (χ1) is 14.2. The van der Waals surface area contributed by atoms with Crippen molar-refractivity contribution in [2.75, 3.05) is 34.4 Å². The van der Waals surface area contributed by atoms with Crippen LogP contribution in [0.4, 0.5) is 4.39 Å². The summed E-state index contributed by atoms with van der Waals surface area (Å²) in [6, 6.07) is 6.37. The number of fused-ring (bicyclic) bond motifs is 1. The normalized spacial score (nSPS) is 15.1. The molecule has 1 aliphatic heterocycles. The molecule has 0 unspecified atom stereocenters. The molecule has 4 rings (SSSR count). The van der Waals surface area contributed by atoms with Gasteiger partial charge in [-0.05, 0) is 31.2 Å². The minimum Gasteiger partial charge on any atom is -0.502 e. The smallest absolute Gasteiger partial charge is 0.253 e. The van der Waals surface area contributed by atoms with Gasteiger partial charge in [-0.15, -0.1) is 0 Å². The Bertz CT molecular complexity index is 1170. The molecule has 2 aromatic carbocycles. The van der Waals surface area contributed by atoms with Crippen LogP contribution in [0.3, 0.4) is 0 Å². The number of phenols is 2. The number of methoxy groups -OCH3 is 1. The lowest BCUT2D eigenvalue weighted by molar-refractivity contribution is -0.0868. The van der Waals surface area contributed by atoms with Crippen molar-refractivity contribution >= 4 is 16.9 Å². The van der Waals surface area contributed by atoms with Gasteiger partial charge in [-0.3, -0.25) is 4.79 Å². The Morgan fingerprint density at radius 1 is 1.27 bits per heavy atom. The van der Waals surface area contributed by atoms with Crippen molar-refractivity contribution in [3.63, 3.8) is 0 Å². The van der Waals surface area contributed by atoms with Gasteiger partial charge in [0.05, 0.1) is 42.5 Å². The second-order valence-electron chi connectivity index (χ2n) is 7.80. The van der Waals surface area contributed by atoms with Gasteiger partial charge in [0.1, 0.15) is 5.82 Å². The van der Waals surface area contributed by atoms with E-state index in [4.69, 9.17) is 9.47 Å². The summed E-state index contributed by atoms with van der Waals surface area (Å²) in [5.74, 6) is -2.63. The second-order valence-corrected chi connectivity index (χ2v) is 7.80. The first-order valence-electron chi connectivity index (χ1n) is 9.29. The fourth-order valence-electron chi connectivity index (χ4n) is 3.65. The number of benzene rings is 2. The average molecular weight is 415 g/mol. The zero-order valence-electron chi connectivity index (χ0n) is 17.1. The third-order valence-corrected chi connectivity index (χ3v) is 5.31. The summed E-state index contributed by atoms with van der Waals surface area (Å²) in [6.07, 6.45) is 0. The maximum absolute atomic E-state index is 15.0. The summed E-state index contributed by atoms with van der Waals surface area (Å²) < 4.78 is 27.3. The Morgan fingerprint density at radius 3 is 2.53 bits per heavy atom. The summed E-state index contributed by atoms with van der Waals surface area (Å²) in [5, 5.41) is 20.0. The Kier molecular flexibility index (Phi) is 4.58. The third-order valence-electron chi connectivity index (χ3n) is 5.31. The van der Waals surface area contributed by atoms with Crippen LogP contribution >= 0.6 is 0 Å². The maximum Gasteiger partial charge on any atom is 0.253 e. The lowest BCUT2D eigenvalue weighted by atomic mass is 9.98. The minimum atomic E-state index is -1.02. The van der Waals surface area contributed by atoms with Crippen LogP contribution < -0.4 is 4.74 Å². The number of carbonyl (C=O) groups excluding carboxylic acids is 1. The first kappa shape index (κ1) is 20.0. The predicted octanol–water partition coefficient (Wildman–Crippen LogP) is 2.71. The Balaban J connectivity index is 2.03. The van der Waals surface area contributed by atoms with E-state index < -0.39 is 22.9 Å². The molecule has 1 fully saturated rings. The summed E-state index contributed by atoms with van der Waals surface area (Å²) in [7, 11) is 4.63. The van der Waals surface area contributed by atoms with E-state index in [9.17, 15) is 19.4 Å². The molecule has 0 bridgehead atoms. The average Bonchev–Trinajstić information content (AvgIpc) is 3.08. The zero-order valence-corrected chi connectivity index (χ0v) is 17.1. The Hall–Kier alpha value is -3.33. The molecule has 0 aliphatic carbocycles. The van der Waals surface area contributed by atoms with Gasteiger partial charge in [-0.25, -0.2) is 9.37 Å². The molecule has 0 radical (unpaired) electrons. The Morgan fingerprint density at radius 2 is 1.97 bits per heavy atom. The van der Waals surface area contributed by atoms with Gasteiger partial charge in [0.2, 0.25) is 5.75 Å². The number of aromatic hydroxyl groups is 2. The highest BCUT2D eigenvalue weighted by Crippen LogP contribution is 2.44. The third kappa shape index (κ3) is 2.85. The molecule has 1 amide bonds. The molecule has 8 nitrogen and oxygen atoms in total. The lowest BCUT2D eigenvalue weighted by Gasteiger charge is -2.40. The van der Waals surface area contributed by atoms with E-state index >= 15 is 0 Å². The van der Waals surface area contributed by atoms with Crippen LogP contribution in [0.5, 0.6) is 17.2 Å². The van der Waals surface area contributed by atoms with Gasteiger partial charge in [0, 0.05) is 19.7 Å². The molecule has 30 heavy (non-hydrogen) atoms. The highest BCUT2D eigenvalue weighted by molar-refractivity contribution is 5.97. The highest BCUT2D eigenvalue weighted by atomic mass is 19.1. The first-order valence-corrected chi connectivity index (χ1v) is 9.29. The van der Waals surface area contributed by atoms with Crippen molar-refractivity contribution in [2.24, 2.45) is 0 Å². The predicted molar refractivity (Wildman–Crippen MR) is 107 cm³/mol. The van der Waals surface area contributed by atoms with E-state index in [-0.39, 0.29) is 23.0 Å². The van der Waals surface area contributed by atoms with E-state index in [1.54, 1.807) is 32.3 Å². The van der Waals surface area contributed by atoms with Crippen molar-refractivity contribution < 1.29 is 28.9 Å². The SMILES string of the molecule is COc1cc(-c2nc3ccc(C(=O)N(C)C)cc3n2C2(C)COC2)c(F)c(O)c1O. The van der Waals surface area contributed by atoms with Crippen molar-refractivity contribution in [3.05, 3.63) is 35.6 Å². The van der Waals surface area contributed by atoms with Crippen molar-refractivity contribution in [1.29, 1.82) is 0 Å². The molecule has 0 spiro atoms. The number of halogens is 1. The number of hydrogen-bond donors (Lipinski definition) is 2. The van der Waals surface area contributed by atoms with Crippen LogP contribution in [-0.4, -0.2) is 65.0 Å². The van der Waals surface area contributed by atoms with Gasteiger partial charge < -0.3 is 29.2 Å². The van der Waals surface area contributed by atoms with Gasteiger partial charge in [-0.2, -0.15) is 0 Å². The van der Waals surface area contributed by atoms with Gasteiger partial charge >= 0.3 is 0 Å². The zero-order chi connectivity index (χ0) is 21.8. The van der Waals surface area contributed by atoms with Gasteiger partial charge in [0.15, 0.2) is 17.3 Å². The number of amides is 1. The van der Waals surface area contributed by atoms with Crippen LogP contribution in [0, 0.1) is 5.82 Å². The molecular weight excluding hydrogens is 393 g/mol. The summed E-state index contributed by atoms with van der Waals surface area (Å²) in [5.41, 5.74) is 1.09. The number of imidazole rings is 1. The second kappa shape index (κ2) is 6.88. The largest absolute Gasteiger partial charge is 0.502 e. The van der Waals surface area contributed by atoms with E-state index in [2.05, 4.69) is 4.98 Å². The number of aromatic nitrogens is 2. The fraction of sp³-hybridized carbons (Fsp3) is 0.333. The maximum atomic E-state index is 15.0. The molecule has 2 heterocycles. The molecule has 9 heteroatoms. The minimum absolute atomic E-state index is 0.0352. The number of rotatable bonds is 4. The monoisotopic (exact) mass is 415 g/mol. The number of hydrogen-bond acceptors (Lipinski definition) is 6. The summed E-state index contributed by atoms with van der Waals surface area (Å²) >= 11 is 0. The Labute approximate surface area is 172 Å². The van der Waals surface area contributed by atoms with E-state index in [0.29, 0.717) is 29.8 Å². The molecule has 0 atom stereocenters. The van der Waals surface area contributed by atoms with Gasteiger partial charge in [0.25, 0.3) is 5.91 Å². The lowest BCUT2D eigenvalue weighted by Crippen LogP contribution is -2.49. The van der Waals surface area contributed by atoms with E-state index in [0.717, 1.165) is 0 Å². The molecule has 1 aliphatic rings. The highest BCUT2D eigenvalue weighted by Gasteiger charge is 2.39. The molecule has 1 saturated heterocycles. The molecule has 1 aromatic heterocycles. The molecule has 0 saturated carbocycles. The van der Waals surface area contributed by atoms with Crippen LogP contribution in [0.15, 0.2) is 24.3 Å². The summed E-state index contributed by atoms with van der Waals surface area (Å²) in [4.78, 5) is 18.5. The van der Waals surface area contributed by atoms with Crippen molar-refractivity contribution in [2.45, 2.75) is 12.5 Å². The number of ether oxygens (including phenoxy) is 2.